The van der Waals surface area contributed by atoms with Crippen molar-refractivity contribution in [3.63, 3.8) is 0 Å². The number of carbonyl (C=O) groups is 2. The fourth-order valence-electron chi connectivity index (χ4n) is 4.66. The molecule has 2 heterocycles. The number of esters is 2. The van der Waals surface area contributed by atoms with Gasteiger partial charge in [-0.15, -0.1) is 0 Å². The smallest absolute Gasteiger partial charge is 0.348 e. The first kappa shape index (κ1) is 23.3. The number of rotatable bonds is 7. The maximum atomic E-state index is 12.5. The topological polar surface area (TPSA) is 104 Å². The third-order valence-electron chi connectivity index (χ3n) is 6.50. The predicted molar refractivity (Wildman–Crippen MR) is 117 cm³/mol. The third-order valence-corrected chi connectivity index (χ3v) is 6.50. The Labute approximate surface area is 193 Å². The number of carbonyl (C=O) groups excluding carboxylic acids is 2. The van der Waals surface area contributed by atoms with Gasteiger partial charge in [-0.05, 0) is 37.5 Å². The van der Waals surface area contributed by atoms with Gasteiger partial charge in [-0.25, -0.2) is 4.79 Å². The zero-order chi connectivity index (χ0) is 23.2. The molecule has 2 unspecified atom stereocenters. The number of fused-ring (bicyclic) bond motifs is 1. The molecule has 3 aliphatic rings. The van der Waals surface area contributed by atoms with Crippen LogP contribution in [-0.4, -0.2) is 51.1 Å². The molecule has 2 aliphatic heterocycles. The maximum Gasteiger partial charge on any atom is 0.348 e. The Hall–Kier alpha value is -2.89. The van der Waals surface area contributed by atoms with Crippen molar-refractivity contribution in [2.75, 3.05) is 26.9 Å². The van der Waals surface area contributed by atoms with Crippen molar-refractivity contribution in [3.05, 3.63) is 29.3 Å². The first-order valence-electron chi connectivity index (χ1n) is 11.5. The number of ether oxygens (including phenoxy) is 5. The van der Waals surface area contributed by atoms with E-state index in [1.165, 1.54) is 13.2 Å². The van der Waals surface area contributed by atoms with Gasteiger partial charge in [0, 0.05) is 24.2 Å². The van der Waals surface area contributed by atoms with Crippen molar-refractivity contribution in [1.29, 1.82) is 5.26 Å². The Morgan fingerprint density at radius 2 is 2.00 bits per heavy atom. The summed E-state index contributed by atoms with van der Waals surface area (Å²) < 4.78 is 27.6. The van der Waals surface area contributed by atoms with Gasteiger partial charge in [-0.2, -0.15) is 5.26 Å². The van der Waals surface area contributed by atoms with Crippen molar-refractivity contribution in [2.24, 2.45) is 11.8 Å². The van der Waals surface area contributed by atoms with Crippen LogP contribution in [0.15, 0.2) is 23.8 Å². The fraction of sp³-hybridized carbons (Fsp3) is 0.560. The van der Waals surface area contributed by atoms with Crippen LogP contribution in [0.1, 0.15) is 44.1 Å². The molecule has 3 fully saturated rings. The van der Waals surface area contributed by atoms with Gasteiger partial charge >= 0.3 is 11.9 Å². The highest BCUT2D eigenvalue weighted by atomic mass is 16.6. The predicted octanol–water partition coefficient (Wildman–Crippen LogP) is 3.43. The third kappa shape index (κ3) is 5.55. The Bertz CT molecular complexity index is 945. The highest BCUT2D eigenvalue weighted by Gasteiger charge is 2.42. The molecule has 0 amide bonds. The lowest BCUT2D eigenvalue weighted by Crippen LogP contribution is -2.27. The largest absolute Gasteiger partial charge is 0.496 e. The maximum absolute atomic E-state index is 12.5. The van der Waals surface area contributed by atoms with Gasteiger partial charge in [0.2, 0.25) is 0 Å². The van der Waals surface area contributed by atoms with Gasteiger partial charge in [0.05, 0.1) is 38.4 Å². The van der Waals surface area contributed by atoms with Gasteiger partial charge < -0.3 is 23.7 Å². The first-order valence-corrected chi connectivity index (χ1v) is 11.5. The van der Waals surface area contributed by atoms with E-state index in [-0.39, 0.29) is 42.2 Å². The molecule has 8 heteroatoms. The average molecular weight is 456 g/mol. The molecule has 8 nitrogen and oxygen atoms in total. The van der Waals surface area contributed by atoms with Gasteiger partial charge in [0.15, 0.2) is 0 Å². The molecule has 1 aromatic rings. The van der Waals surface area contributed by atoms with Crippen LogP contribution in [0.4, 0.5) is 0 Å². The zero-order valence-electron chi connectivity index (χ0n) is 18.8. The highest BCUT2D eigenvalue weighted by molar-refractivity contribution is 5.98. The molecule has 1 aromatic carbocycles. The van der Waals surface area contributed by atoms with E-state index in [2.05, 4.69) is 0 Å². The molecular weight excluding hydrogens is 426 g/mol. The summed E-state index contributed by atoms with van der Waals surface area (Å²) in [6.45, 7) is 1.25. The Morgan fingerprint density at radius 3 is 2.76 bits per heavy atom. The standard InChI is InChI=1S/C25H29NO7/c1-29-22-12-20(33-25(28)16-5-3-2-4-6-16)8-7-17(22)11-18(13-26)24(27)32-15-19-14-31-21-9-10-30-23(19)21/h7-8,11-12,16,19,21,23H,2-6,9-10,14-15H2,1H3/b18-11+/t19-,21?,23?/m0/s1. The normalized spacial score (nSPS) is 25.2. The Balaban J connectivity index is 1.39. The van der Waals surface area contributed by atoms with Crippen molar-refractivity contribution in [2.45, 2.75) is 50.7 Å². The van der Waals surface area contributed by atoms with E-state index in [1.807, 2.05) is 6.07 Å². The molecule has 33 heavy (non-hydrogen) atoms. The van der Waals surface area contributed by atoms with Crippen LogP contribution in [0.5, 0.6) is 11.5 Å². The summed E-state index contributed by atoms with van der Waals surface area (Å²) in [6, 6.07) is 6.76. The molecule has 0 N–H and O–H groups in total. The molecule has 2 saturated heterocycles. The molecule has 0 spiro atoms. The molecule has 3 atom stereocenters. The molecule has 4 rings (SSSR count). The quantitative estimate of drug-likeness (QED) is 0.267. The Kier molecular flexibility index (Phi) is 7.63. The van der Waals surface area contributed by atoms with E-state index in [9.17, 15) is 14.9 Å². The molecular formula is C25H29NO7. The minimum Gasteiger partial charge on any atom is -0.496 e. The van der Waals surface area contributed by atoms with E-state index in [1.54, 1.807) is 18.2 Å². The molecule has 1 saturated carbocycles. The van der Waals surface area contributed by atoms with Crippen LogP contribution in [-0.2, 0) is 23.8 Å². The number of benzene rings is 1. The molecule has 0 aromatic heterocycles. The van der Waals surface area contributed by atoms with Gasteiger partial charge in [0.25, 0.3) is 0 Å². The summed E-state index contributed by atoms with van der Waals surface area (Å²) in [5.41, 5.74) is 0.356. The lowest BCUT2D eigenvalue weighted by Gasteiger charge is -2.20. The number of hydrogen-bond donors (Lipinski definition) is 0. The van der Waals surface area contributed by atoms with Crippen LogP contribution >= 0.6 is 0 Å². The number of nitrogens with zero attached hydrogens (tertiary/aromatic N) is 1. The van der Waals surface area contributed by atoms with Gasteiger partial charge in [-0.3, -0.25) is 4.79 Å². The number of hydrogen-bond acceptors (Lipinski definition) is 8. The molecule has 0 radical (unpaired) electrons. The van der Waals surface area contributed by atoms with E-state index >= 15 is 0 Å². The fourth-order valence-corrected chi connectivity index (χ4v) is 4.66. The van der Waals surface area contributed by atoms with Crippen LogP contribution in [0.25, 0.3) is 6.08 Å². The summed E-state index contributed by atoms with van der Waals surface area (Å²) in [5, 5.41) is 9.50. The second kappa shape index (κ2) is 10.8. The lowest BCUT2D eigenvalue weighted by molar-refractivity contribution is -0.141. The summed E-state index contributed by atoms with van der Waals surface area (Å²) in [5.74, 6) is -0.295. The molecule has 1 aliphatic carbocycles. The highest BCUT2D eigenvalue weighted by Crippen LogP contribution is 2.32. The second-order valence-electron chi connectivity index (χ2n) is 8.68. The van der Waals surface area contributed by atoms with Crippen molar-refractivity contribution < 1.29 is 33.3 Å². The van der Waals surface area contributed by atoms with Crippen LogP contribution < -0.4 is 9.47 Å². The minimum absolute atomic E-state index is 0.0333. The van der Waals surface area contributed by atoms with E-state index in [0.29, 0.717) is 30.3 Å². The Morgan fingerprint density at radius 1 is 1.18 bits per heavy atom. The van der Waals surface area contributed by atoms with Crippen LogP contribution in [0.3, 0.4) is 0 Å². The van der Waals surface area contributed by atoms with E-state index in [0.717, 1.165) is 38.5 Å². The van der Waals surface area contributed by atoms with Crippen LogP contribution in [0.2, 0.25) is 0 Å². The zero-order valence-corrected chi connectivity index (χ0v) is 18.8. The van der Waals surface area contributed by atoms with Crippen molar-refractivity contribution >= 4 is 18.0 Å². The lowest BCUT2D eigenvalue weighted by atomic mass is 9.89. The summed E-state index contributed by atoms with van der Waals surface area (Å²) in [7, 11) is 1.47. The van der Waals surface area contributed by atoms with E-state index in [4.69, 9.17) is 23.7 Å². The average Bonchev–Trinajstić information content (AvgIpc) is 3.46. The van der Waals surface area contributed by atoms with Gasteiger partial charge in [0.1, 0.15) is 23.1 Å². The van der Waals surface area contributed by atoms with Crippen molar-refractivity contribution in [1.82, 2.24) is 0 Å². The number of nitriles is 1. The van der Waals surface area contributed by atoms with E-state index < -0.39 is 5.97 Å². The van der Waals surface area contributed by atoms with Crippen molar-refractivity contribution in [3.8, 4) is 17.6 Å². The molecule has 0 bridgehead atoms. The van der Waals surface area contributed by atoms with Gasteiger partial charge in [-0.1, -0.05) is 19.3 Å². The minimum atomic E-state index is -0.714. The first-order chi connectivity index (χ1) is 16.1. The summed E-state index contributed by atoms with van der Waals surface area (Å²) >= 11 is 0. The number of methoxy groups -OCH3 is 1. The molecule has 176 valence electrons. The monoisotopic (exact) mass is 455 g/mol. The SMILES string of the molecule is COc1cc(OC(=O)C2CCCCC2)ccc1/C=C(\C#N)C(=O)OC[C@@H]1COC2CCOC21. The van der Waals surface area contributed by atoms with Crippen LogP contribution in [0, 0.1) is 23.2 Å². The summed E-state index contributed by atoms with van der Waals surface area (Å²) in [6.07, 6.45) is 7.22. The second-order valence-corrected chi connectivity index (χ2v) is 8.68. The summed E-state index contributed by atoms with van der Waals surface area (Å²) in [4.78, 5) is 24.9.